The molecule has 0 aliphatic carbocycles. The summed E-state index contributed by atoms with van der Waals surface area (Å²) < 4.78 is 16.5. The van der Waals surface area contributed by atoms with E-state index in [1.807, 2.05) is 31.3 Å². The van der Waals surface area contributed by atoms with Gasteiger partial charge in [-0.3, -0.25) is 4.79 Å². The van der Waals surface area contributed by atoms with E-state index >= 15 is 0 Å². The summed E-state index contributed by atoms with van der Waals surface area (Å²) in [6.45, 7) is 4.33. The Morgan fingerprint density at radius 2 is 2.17 bits per heavy atom. The molecule has 2 aliphatic rings. The second-order valence-corrected chi connectivity index (χ2v) is 10.1. The molecule has 2 amide bonds. The van der Waals surface area contributed by atoms with Crippen molar-refractivity contribution in [3.8, 4) is 0 Å². The maximum absolute atomic E-state index is 13.3. The molecule has 2 heterocycles. The van der Waals surface area contributed by atoms with Crippen LogP contribution in [0.2, 0.25) is 5.02 Å². The highest BCUT2D eigenvalue weighted by Crippen LogP contribution is 2.34. The molecule has 2 aliphatic heterocycles. The molecule has 4 N–H and O–H groups in total. The van der Waals surface area contributed by atoms with Crippen molar-refractivity contribution in [3.05, 3.63) is 34.9 Å². The molecule has 2 fully saturated rings. The van der Waals surface area contributed by atoms with Gasteiger partial charge < -0.3 is 35.5 Å². The van der Waals surface area contributed by atoms with Crippen LogP contribution in [0.4, 0.5) is 4.79 Å². The van der Waals surface area contributed by atoms with Gasteiger partial charge in [0.1, 0.15) is 0 Å². The molecule has 10 heteroatoms. The first-order valence-corrected chi connectivity index (χ1v) is 13.3. The van der Waals surface area contributed by atoms with Crippen molar-refractivity contribution in [2.24, 2.45) is 17.8 Å². The number of methoxy groups -OCH3 is 1. The molecule has 9 nitrogen and oxygen atoms in total. The van der Waals surface area contributed by atoms with Crippen LogP contribution in [0.25, 0.3) is 0 Å². The highest BCUT2D eigenvalue weighted by Gasteiger charge is 2.34. The summed E-state index contributed by atoms with van der Waals surface area (Å²) in [6, 6.07) is 7.69. The summed E-state index contributed by atoms with van der Waals surface area (Å²) >= 11 is 6.27. The van der Waals surface area contributed by atoms with Gasteiger partial charge in [0.05, 0.1) is 25.7 Å². The average molecular weight is 525 g/mol. The summed E-state index contributed by atoms with van der Waals surface area (Å²) in [5.74, 6) is 0.458. The zero-order valence-corrected chi connectivity index (χ0v) is 22.1. The third-order valence-corrected chi connectivity index (χ3v) is 7.12. The molecule has 0 spiro atoms. The van der Waals surface area contributed by atoms with Crippen LogP contribution >= 0.6 is 11.6 Å². The molecule has 1 aromatic rings. The van der Waals surface area contributed by atoms with E-state index in [0.29, 0.717) is 37.1 Å². The Balaban J connectivity index is 1.62. The third kappa shape index (κ3) is 9.19. The van der Waals surface area contributed by atoms with E-state index in [2.05, 4.69) is 26.0 Å². The highest BCUT2D eigenvalue weighted by atomic mass is 35.5. The van der Waals surface area contributed by atoms with Crippen LogP contribution in [0.5, 0.6) is 0 Å². The van der Waals surface area contributed by atoms with Crippen LogP contribution in [0.3, 0.4) is 0 Å². The summed E-state index contributed by atoms with van der Waals surface area (Å²) in [5, 5.41) is 13.2. The lowest BCUT2D eigenvalue weighted by atomic mass is 9.83. The van der Waals surface area contributed by atoms with Crippen LogP contribution in [-0.4, -0.2) is 78.2 Å². The highest BCUT2D eigenvalue weighted by molar-refractivity contribution is 6.30. The van der Waals surface area contributed by atoms with E-state index in [1.54, 1.807) is 0 Å². The Labute approximate surface area is 219 Å². The van der Waals surface area contributed by atoms with E-state index in [0.717, 1.165) is 51.1 Å². The van der Waals surface area contributed by atoms with Crippen molar-refractivity contribution in [1.82, 2.24) is 21.3 Å². The lowest BCUT2D eigenvalue weighted by Crippen LogP contribution is -2.50. The molecule has 3 rings (SSSR count). The Hall–Kier alpha value is -1.91. The topological polar surface area (TPSA) is 110 Å². The fourth-order valence-corrected chi connectivity index (χ4v) is 5.36. The largest absolute Gasteiger partial charge is 0.453 e. The van der Waals surface area contributed by atoms with Crippen molar-refractivity contribution in [1.29, 1.82) is 0 Å². The predicted octanol–water partition coefficient (Wildman–Crippen LogP) is 2.50. The van der Waals surface area contributed by atoms with Gasteiger partial charge in [0, 0.05) is 56.4 Å². The van der Waals surface area contributed by atoms with Crippen LogP contribution in [0, 0.1) is 17.8 Å². The Kier molecular flexibility index (Phi) is 12.2. The first-order chi connectivity index (χ1) is 17.5. The van der Waals surface area contributed by atoms with Gasteiger partial charge in [-0.25, -0.2) is 4.79 Å². The van der Waals surface area contributed by atoms with E-state index in [9.17, 15) is 9.59 Å². The van der Waals surface area contributed by atoms with Gasteiger partial charge in [0.2, 0.25) is 5.91 Å². The SMILES string of the molecule is CNC[C@@H](C[C@H]1CCCOC1)NC(=O)C1CNCC([C@@H](OCCNC(=O)OC)c2cccc(Cl)c2)C1. The van der Waals surface area contributed by atoms with Crippen molar-refractivity contribution in [3.63, 3.8) is 0 Å². The van der Waals surface area contributed by atoms with Gasteiger partial charge in [-0.1, -0.05) is 23.7 Å². The molecule has 2 saturated heterocycles. The number of alkyl carbamates (subject to hydrolysis) is 1. The molecule has 0 aromatic heterocycles. The van der Waals surface area contributed by atoms with Crippen LogP contribution < -0.4 is 21.3 Å². The number of hydrogen-bond acceptors (Lipinski definition) is 7. The van der Waals surface area contributed by atoms with Gasteiger partial charge in [-0.2, -0.15) is 0 Å². The number of halogens is 1. The molecular weight excluding hydrogens is 484 g/mol. The quantitative estimate of drug-likeness (QED) is 0.311. The monoisotopic (exact) mass is 524 g/mol. The zero-order valence-electron chi connectivity index (χ0n) is 21.4. The van der Waals surface area contributed by atoms with Gasteiger partial charge >= 0.3 is 6.09 Å². The number of nitrogens with one attached hydrogen (secondary N) is 4. The average Bonchev–Trinajstić information content (AvgIpc) is 2.89. The van der Waals surface area contributed by atoms with Gasteiger partial charge in [0.15, 0.2) is 0 Å². The number of likely N-dealkylation sites (N-methyl/N-ethyl adjacent to an activating group) is 1. The van der Waals surface area contributed by atoms with Crippen molar-refractivity contribution >= 4 is 23.6 Å². The first kappa shape index (κ1) is 28.7. The third-order valence-electron chi connectivity index (χ3n) is 6.88. The van der Waals surface area contributed by atoms with E-state index in [-0.39, 0.29) is 29.9 Å². The number of benzene rings is 1. The molecular formula is C26H41ClN4O5. The second-order valence-electron chi connectivity index (χ2n) is 9.70. The number of amides is 2. The molecule has 36 heavy (non-hydrogen) atoms. The van der Waals surface area contributed by atoms with Gasteiger partial charge in [0.25, 0.3) is 0 Å². The van der Waals surface area contributed by atoms with Crippen molar-refractivity contribution in [2.75, 3.05) is 60.2 Å². The van der Waals surface area contributed by atoms with E-state index < -0.39 is 6.09 Å². The molecule has 0 saturated carbocycles. The van der Waals surface area contributed by atoms with Crippen LogP contribution in [0.15, 0.2) is 24.3 Å². The van der Waals surface area contributed by atoms with E-state index in [1.165, 1.54) is 7.11 Å². The lowest BCUT2D eigenvalue weighted by Gasteiger charge is -2.36. The molecule has 0 radical (unpaired) electrons. The number of piperidine rings is 1. The molecule has 1 aromatic carbocycles. The van der Waals surface area contributed by atoms with Gasteiger partial charge in [-0.05, 0) is 56.3 Å². The van der Waals surface area contributed by atoms with Crippen molar-refractivity contribution in [2.45, 2.75) is 37.8 Å². The summed E-state index contributed by atoms with van der Waals surface area (Å²) in [7, 11) is 3.24. The van der Waals surface area contributed by atoms with Crippen LogP contribution in [0.1, 0.15) is 37.4 Å². The Morgan fingerprint density at radius 3 is 2.89 bits per heavy atom. The number of carbonyl (C=O) groups is 2. The maximum Gasteiger partial charge on any atom is 0.406 e. The smallest absolute Gasteiger partial charge is 0.406 e. The maximum atomic E-state index is 13.3. The Bertz CT molecular complexity index is 823. The Morgan fingerprint density at radius 1 is 1.31 bits per heavy atom. The zero-order chi connectivity index (χ0) is 25.8. The molecule has 5 atom stereocenters. The standard InChI is InChI=1S/C26H41ClN4O5/c1-28-16-23(11-18-5-4-9-35-17-18)31-25(32)21-12-20(14-29-15-21)24(19-6-3-7-22(27)13-19)36-10-8-30-26(33)34-2/h3,6-7,13,18,20-21,23-24,28-29H,4-5,8-12,14-17H2,1-2H3,(H,30,33)(H,31,32)/t18-,20?,21?,23-,24+/m1/s1. The van der Waals surface area contributed by atoms with Crippen LogP contribution in [-0.2, 0) is 19.0 Å². The summed E-state index contributed by atoms with van der Waals surface area (Å²) in [4.78, 5) is 24.7. The van der Waals surface area contributed by atoms with Gasteiger partial charge in [-0.15, -0.1) is 0 Å². The fourth-order valence-electron chi connectivity index (χ4n) is 5.16. The minimum atomic E-state index is -0.495. The summed E-state index contributed by atoms with van der Waals surface area (Å²) in [5.41, 5.74) is 0.957. The summed E-state index contributed by atoms with van der Waals surface area (Å²) in [6.07, 6.45) is 3.08. The molecule has 2 unspecified atom stereocenters. The van der Waals surface area contributed by atoms with Crippen molar-refractivity contribution < 1.29 is 23.8 Å². The lowest BCUT2D eigenvalue weighted by molar-refractivity contribution is -0.127. The minimum Gasteiger partial charge on any atom is -0.453 e. The minimum absolute atomic E-state index is 0.0685. The predicted molar refractivity (Wildman–Crippen MR) is 139 cm³/mol. The number of hydrogen-bond donors (Lipinski definition) is 4. The second kappa shape index (κ2) is 15.4. The molecule has 0 bridgehead atoms. The van der Waals surface area contributed by atoms with E-state index in [4.69, 9.17) is 21.1 Å². The molecule has 202 valence electrons. The number of carbonyl (C=O) groups excluding carboxylic acids is 2. The number of ether oxygens (including phenoxy) is 3. The number of rotatable bonds is 12. The fraction of sp³-hybridized carbons (Fsp3) is 0.692. The first-order valence-electron chi connectivity index (χ1n) is 12.9. The normalized spacial score (nSPS) is 23.9.